The molecule has 138 valence electrons. The van der Waals surface area contributed by atoms with Gasteiger partial charge in [-0.2, -0.15) is 10.1 Å². The first-order valence-corrected chi connectivity index (χ1v) is 9.32. The van der Waals surface area contributed by atoms with E-state index in [1.54, 1.807) is 17.1 Å². The van der Waals surface area contributed by atoms with Crippen molar-refractivity contribution >= 4 is 5.91 Å². The van der Waals surface area contributed by atoms with Gasteiger partial charge in [-0.15, -0.1) is 0 Å². The van der Waals surface area contributed by atoms with Crippen molar-refractivity contribution in [3.63, 3.8) is 0 Å². The van der Waals surface area contributed by atoms with Crippen molar-refractivity contribution in [2.24, 2.45) is 5.92 Å². The summed E-state index contributed by atoms with van der Waals surface area (Å²) in [6, 6.07) is 3.71. The minimum Gasteiger partial charge on any atom is -0.352 e. The van der Waals surface area contributed by atoms with Gasteiger partial charge >= 0.3 is 0 Å². The minimum atomic E-state index is -0.0827. The van der Waals surface area contributed by atoms with Crippen molar-refractivity contribution in [2.75, 3.05) is 6.54 Å². The Morgan fingerprint density at radius 2 is 2.11 bits per heavy atom. The second-order valence-corrected chi connectivity index (χ2v) is 7.35. The number of hydrogen-bond donors (Lipinski definition) is 1. The van der Waals surface area contributed by atoms with Gasteiger partial charge in [0, 0.05) is 18.7 Å². The molecule has 0 atom stereocenters. The maximum Gasteiger partial charge on any atom is 0.259 e. The van der Waals surface area contributed by atoms with Crippen LogP contribution < -0.4 is 5.32 Å². The first-order chi connectivity index (χ1) is 13.2. The average Bonchev–Trinajstić information content (AvgIpc) is 3.62. The number of nitrogens with zero attached hydrogens (tertiary/aromatic N) is 5. The number of hydrogen-bond acceptors (Lipinski definition) is 6. The van der Waals surface area contributed by atoms with Gasteiger partial charge in [-0.05, 0) is 50.7 Å². The fourth-order valence-electron chi connectivity index (χ4n) is 3.02. The van der Waals surface area contributed by atoms with Crippen LogP contribution in [0.15, 0.2) is 29.0 Å². The third-order valence-electron chi connectivity index (χ3n) is 5.10. The lowest BCUT2D eigenvalue weighted by Gasteiger charge is -2.06. The van der Waals surface area contributed by atoms with E-state index >= 15 is 0 Å². The summed E-state index contributed by atoms with van der Waals surface area (Å²) >= 11 is 0. The highest BCUT2D eigenvalue weighted by molar-refractivity contribution is 5.95. The molecule has 0 aromatic carbocycles. The topological polar surface area (TPSA) is 98.7 Å². The van der Waals surface area contributed by atoms with Crippen molar-refractivity contribution < 1.29 is 9.32 Å². The van der Waals surface area contributed by atoms with Gasteiger partial charge in [0.15, 0.2) is 11.6 Å². The highest BCUT2D eigenvalue weighted by Gasteiger charge is 2.29. The van der Waals surface area contributed by atoms with Crippen molar-refractivity contribution in [1.29, 1.82) is 0 Å². The second-order valence-electron chi connectivity index (χ2n) is 7.35. The van der Waals surface area contributed by atoms with Crippen molar-refractivity contribution in [3.05, 3.63) is 41.6 Å². The Bertz CT molecular complexity index is 982. The quantitative estimate of drug-likeness (QED) is 0.722. The maximum absolute atomic E-state index is 12.3. The van der Waals surface area contributed by atoms with Gasteiger partial charge in [0.1, 0.15) is 0 Å². The van der Waals surface area contributed by atoms with Crippen molar-refractivity contribution in [1.82, 2.24) is 30.2 Å². The third kappa shape index (κ3) is 3.22. The molecule has 8 heteroatoms. The smallest absolute Gasteiger partial charge is 0.259 e. The number of carbonyl (C=O) groups excluding carboxylic acids is 1. The summed E-state index contributed by atoms with van der Waals surface area (Å²) in [4.78, 5) is 21.2. The van der Waals surface area contributed by atoms with Gasteiger partial charge in [0.25, 0.3) is 11.8 Å². The van der Waals surface area contributed by atoms with Crippen LogP contribution in [-0.4, -0.2) is 37.4 Å². The second kappa shape index (κ2) is 6.29. The molecule has 8 nitrogen and oxygen atoms in total. The zero-order valence-electron chi connectivity index (χ0n) is 15.1. The van der Waals surface area contributed by atoms with Crippen LogP contribution in [0.2, 0.25) is 0 Å². The predicted octanol–water partition coefficient (Wildman–Crippen LogP) is 2.64. The summed E-state index contributed by atoms with van der Waals surface area (Å²) in [7, 11) is 0. The number of nitrogens with one attached hydrogen (secondary N) is 1. The molecule has 1 N–H and O–H groups in total. The van der Waals surface area contributed by atoms with E-state index in [9.17, 15) is 4.79 Å². The van der Waals surface area contributed by atoms with Crippen LogP contribution in [0.25, 0.3) is 17.3 Å². The van der Waals surface area contributed by atoms with Crippen molar-refractivity contribution in [3.8, 4) is 17.3 Å². The summed E-state index contributed by atoms with van der Waals surface area (Å²) < 4.78 is 7.00. The Morgan fingerprint density at radius 1 is 1.26 bits per heavy atom. The lowest BCUT2D eigenvalue weighted by atomic mass is 10.2. The zero-order valence-corrected chi connectivity index (χ0v) is 15.1. The molecule has 3 heterocycles. The highest BCUT2D eigenvalue weighted by atomic mass is 16.5. The van der Waals surface area contributed by atoms with Gasteiger partial charge in [-0.1, -0.05) is 5.16 Å². The molecule has 0 bridgehead atoms. The van der Waals surface area contributed by atoms with Crippen LogP contribution in [0.4, 0.5) is 0 Å². The van der Waals surface area contributed by atoms with E-state index in [2.05, 4.69) is 25.5 Å². The number of rotatable bonds is 6. The third-order valence-corrected chi connectivity index (χ3v) is 5.10. The standard InChI is InChI=1S/C19H20N6O2/c1-11-15(18(26)21-8-12-2-3-12)10-22-25(11)16-7-6-14(9-20-16)19-23-17(24-27-19)13-4-5-13/h6-7,9-10,12-13H,2-5,8H2,1H3,(H,21,26). The molecule has 3 aromatic heterocycles. The molecule has 0 aliphatic heterocycles. The molecular formula is C19H20N6O2. The van der Waals surface area contributed by atoms with Gasteiger partial charge in [0.05, 0.1) is 23.0 Å². The molecular weight excluding hydrogens is 344 g/mol. The minimum absolute atomic E-state index is 0.0827. The summed E-state index contributed by atoms with van der Waals surface area (Å²) in [5.41, 5.74) is 2.11. The summed E-state index contributed by atoms with van der Waals surface area (Å²) in [5, 5.41) is 11.3. The zero-order chi connectivity index (χ0) is 18.4. The van der Waals surface area contributed by atoms with Gasteiger partial charge in [-0.25, -0.2) is 9.67 Å². The van der Waals surface area contributed by atoms with Gasteiger partial charge < -0.3 is 9.84 Å². The van der Waals surface area contributed by atoms with Crippen LogP contribution >= 0.6 is 0 Å². The molecule has 3 aromatic rings. The fourth-order valence-corrected chi connectivity index (χ4v) is 3.02. The Morgan fingerprint density at radius 3 is 2.81 bits per heavy atom. The summed E-state index contributed by atoms with van der Waals surface area (Å²) in [5.74, 6) is 2.90. The first-order valence-electron chi connectivity index (χ1n) is 9.32. The van der Waals surface area contributed by atoms with E-state index in [1.807, 2.05) is 19.1 Å². The molecule has 2 aliphatic rings. The first kappa shape index (κ1) is 16.2. The highest BCUT2D eigenvalue weighted by Crippen LogP contribution is 2.38. The van der Waals surface area contributed by atoms with E-state index in [1.165, 1.54) is 12.8 Å². The molecule has 27 heavy (non-hydrogen) atoms. The van der Waals surface area contributed by atoms with E-state index in [-0.39, 0.29) is 5.91 Å². The lowest BCUT2D eigenvalue weighted by molar-refractivity contribution is 0.0951. The van der Waals surface area contributed by atoms with Crippen LogP contribution in [-0.2, 0) is 0 Å². The lowest BCUT2D eigenvalue weighted by Crippen LogP contribution is -2.25. The molecule has 0 saturated heterocycles. The van der Waals surface area contributed by atoms with Crippen LogP contribution in [0.5, 0.6) is 0 Å². The Kier molecular flexibility index (Phi) is 3.77. The molecule has 0 unspecified atom stereocenters. The number of amides is 1. The van der Waals surface area contributed by atoms with E-state index in [0.717, 1.165) is 36.5 Å². The number of carbonyl (C=O) groups is 1. The summed E-state index contributed by atoms with van der Waals surface area (Å²) in [6.07, 6.45) is 7.95. The Hall–Kier alpha value is -3.03. The Balaban J connectivity index is 1.34. The molecule has 0 spiro atoms. The van der Waals surface area contributed by atoms with E-state index < -0.39 is 0 Å². The van der Waals surface area contributed by atoms with E-state index in [4.69, 9.17) is 4.52 Å². The molecule has 5 rings (SSSR count). The molecule has 2 fully saturated rings. The normalized spacial score (nSPS) is 16.5. The summed E-state index contributed by atoms with van der Waals surface area (Å²) in [6.45, 7) is 2.61. The fraction of sp³-hybridized carbons (Fsp3) is 0.421. The largest absolute Gasteiger partial charge is 0.352 e. The average molecular weight is 364 g/mol. The maximum atomic E-state index is 12.3. The van der Waals surface area contributed by atoms with Crippen molar-refractivity contribution in [2.45, 2.75) is 38.5 Å². The SMILES string of the molecule is Cc1c(C(=O)NCC2CC2)cnn1-c1ccc(-c2nc(C3CC3)no2)cn1. The van der Waals surface area contributed by atoms with Crippen LogP contribution in [0.1, 0.15) is 53.5 Å². The predicted molar refractivity (Wildman–Crippen MR) is 96.4 cm³/mol. The van der Waals surface area contributed by atoms with Gasteiger partial charge in [0.2, 0.25) is 0 Å². The molecule has 2 aliphatic carbocycles. The number of pyridine rings is 1. The van der Waals surface area contributed by atoms with Gasteiger partial charge in [-0.3, -0.25) is 4.79 Å². The van der Waals surface area contributed by atoms with Crippen LogP contribution in [0.3, 0.4) is 0 Å². The molecule has 2 saturated carbocycles. The number of aromatic nitrogens is 5. The molecule has 1 amide bonds. The monoisotopic (exact) mass is 364 g/mol. The molecule has 0 radical (unpaired) electrons. The van der Waals surface area contributed by atoms with Crippen LogP contribution in [0, 0.1) is 12.8 Å². The van der Waals surface area contributed by atoms with E-state index in [0.29, 0.717) is 29.1 Å². The Labute approximate surface area is 156 Å².